The van der Waals surface area contributed by atoms with Gasteiger partial charge >= 0.3 is 35.8 Å². The Bertz CT molecular complexity index is 5580. The molecule has 2 saturated heterocycles. The van der Waals surface area contributed by atoms with Crippen LogP contribution in [0.25, 0.3) is 0 Å². The molecule has 26 nitrogen and oxygen atoms in total. The minimum atomic E-state index is -1.16. The van der Waals surface area contributed by atoms with Crippen molar-refractivity contribution in [2.45, 2.75) is 178 Å². The predicted octanol–water partition coefficient (Wildman–Crippen LogP) is 2.27. The minimum Gasteiger partial charge on any atom is -1.00 e. The van der Waals surface area contributed by atoms with E-state index in [1.165, 1.54) is 126 Å². The van der Waals surface area contributed by atoms with E-state index in [0.29, 0.717) is 56.1 Å². The van der Waals surface area contributed by atoms with Crippen LogP contribution in [0.4, 0.5) is 0 Å². The first-order valence-electron chi connectivity index (χ1n) is 51.9. The van der Waals surface area contributed by atoms with E-state index in [0.717, 1.165) is 232 Å². The van der Waals surface area contributed by atoms with Crippen LogP contribution in [0.2, 0.25) is 0 Å². The number of cyclic esters (lactones) is 2. The van der Waals surface area contributed by atoms with Gasteiger partial charge < -0.3 is 157 Å². The van der Waals surface area contributed by atoms with Gasteiger partial charge in [0.25, 0.3) is 0 Å². The van der Waals surface area contributed by atoms with E-state index >= 15 is 0 Å². The van der Waals surface area contributed by atoms with E-state index in [1.54, 1.807) is 35.5 Å². The Morgan fingerprint density at radius 3 is 0.967 bits per heavy atom. The van der Waals surface area contributed by atoms with Crippen molar-refractivity contribution in [3.05, 3.63) is 288 Å². The van der Waals surface area contributed by atoms with Crippen LogP contribution in [0.5, 0.6) is 28.7 Å². The standard InChI is InChI=1S/C43H58N2O8.C27H33NO5.C23H32NO2.C16H26NO2.C6H15N.C4H2O3.5ClH/c1-32-27-36-17-20-44(3,39(38(36)28-33(32)2)29-34-9-12-37(48-4)13-10-34)18-7-23-52-42(46)15-16-43(47)53-24-8-19-45(21-25-51-26-22-45)31-35-11-14-40(49-5)41(30-35)50-6;1-19-16-22-12-14-28(3,13-5-15-33-27(31)11-10-26(29)30)25(24(22)17-20(19)2)18-21-6-8-23(32-4)9-7-21;1-17-14-20-10-12-24(3,11-5-13-25)23(22(20)15-18(17)2)16-19-6-8-21(26-4)9-7-19;1-14-4-5-16(12-15(14)2)13-17(6-3-9-18)7-10-19-11-8-17;1-4-7(5-2)6-3;5-3-1-2-4(6)7-3;;;;;/h9-16,27-28,30,39H,7-8,17-26,29,31H2,1-6H3;6-11,16-17,25H,5,12-15,18H2,1-4H3;6-9,14-15,23,25H,5,10-13,16H2,1-4H3;4-5,12,18H,3,6-11,13H2,1-2H3;4-6H2,1-3H3;1-2H;5*1H/q+2;;2*+1;;;;;;;/p-4/b16-15-;11-10-;;;;;;;;;/t39-,44-;25-,28-;23-,24-;;;;;;;;/m111......../s1. The van der Waals surface area contributed by atoms with Gasteiger partial charge in [0.1, 0.15) is 74.6 Å². The third-order valence-corrected chi connectivity index (χ3v) is 30.3. The molecule has 2 fully saturated rings. The van der Waals surface area contributed by atoms with Gasteiger partial charge in [0, 0.05) is 148 Å². The average molecular weight is 2180 g/mol. The number of benzene rings is 8. The molecular weight excluding hydrogens is 2010 g/mol. The molecule has 0 unspecified atom stereocenters. The highest BCUT2D eigenvalue weighted by atomic mass is 35.5. The summed E-state index contributed by atoms with van der Waals surface area (Å²) >= 11 is 0. The Kier molecular flexibility index (Phi) is 58.4. The number of methoxy groups -OCH3 is 5. The molecule has 828 valence electrons. The predicted molar refractivity (Wildman–Crippen MR) is 569 cm³/mol. The Hall–Kier alpha value is -9.95. The van der Waals surface area contributed by atoms with E-state index < -0.39 is 35.8 Å². The number of halogens is 5. The maximum Gasteiger partial charge on any atom is 0.338 e. The van der Waals surface area contributed by atoms with Crippen LogP contribution in [-0.2, 0) is 109 Å². The summed E-state index contributed by atoms with van der Waals surface area (Å²) in [7, 11) is 15.3. The molecule has 0 aliphatic carbocycles. The second kappa shape index (κ2) is 66.2. The highest BCUT2D eigenvalue weighted by molar-refractivity contribution is 6.05. The number of aliphatic carboxylic acids is 1. The summed E-state index contributed by atoms with van der Waals surface area (Å²) in [6, 6.07) is 53.1. The Labute approximate surface area is 924 Å². The fourth-order valence-corrected chi connectivity index (χ4v) is 20.7. The molecule has 0 radical (unpaired) electrons. The van der Waals surface area contributed by atoms with Crippen LogP contribution in [0.15, 0.2) is 182 Å². The molecular formula is C119H167Cl5N6O20. The molecule has 0 aromatic heterocycles. The third kappa shape index (κ3) is 40.5. The number of fused-ring (bicyclic) bond motifs is 3. The van der Waals surface area contributed by atoms with E-state index in [9.17, 15) is 33.9 Å². The number of carbonyl (C=O) groups excluding carboxylic acids is 5. The second-order valence-corrected chi connectivity index (χ2v) is 40.2. The lowest BCUT2D eigenvalue weighted by molar-refractivity contribution is -0.947. The number of hydrogen-bond acceptors (Lipinski definition) is 20. The van der Waals surface area contributed by atoms with Crippen LogP contribution in [0.3, 0.4) is 0 Å². The van der Waals surface area contributed by atoms with Crippen LogP contribution < -0.4 is 85.7 Å². The number of nitrogens with zero attached hydrogens (tertiary/aromatic N) is 6. The number of aliphatic hydroxyl groups is 2. The minimum absolute atomic E-state index is 0. The molecule has 14 rings (SSSR count). The number of quaternary nitrogens is 5. The number of ether oxygens (including phenoxy) is 11. The highest BCUT2D eigenvalue weighted by Gasteiger charge is 2.43. The number of carbonyl (C=O) groups is 6. The zero-order chi connectivity index (χ0) is 105. The van der Waals surface area contributed by atoms with Crippen molar-refractivity contribution in [3.8, 4) is 28.7 Å². The topological polar surface area (TPSA) is 268 Å². The molecule has 6 atom stereocenters. The van der Waals surface area contributed by atoms with Crippen molar-refractivity contribution in [2.24, 2.45) is 0 Å². The van der Waals surface area contributed by atoms with Crippen molar-refractivity contribution in [1.29, 1.82) is 0 Å². The summed E-state index contributed by atoms with van der Waals surface area (Å²) in [6.07, 6.45) is 16.1. The largest absolute Gasteiger partial charge is 1.00 e. The SMILES string of the molecule is CCN(CC)CC.COc1ccc(C[C@@H]2c3cc(C)c(C)cc3CC[N@@+]2(C)CCCO)cc1.COc1ccc(C[C@@H]2c3cc(C)c(C)cc3CC[N@@+]2(C)CCCOC(=O)/C=C\C(=O)O)cc1.COc1ccc(C[C@@H]2c3cc(C)c(C)cc3CC[N@@+]2(C)CCCOC(=O)/C=C\C(=O)OCCC[N+]2(Cc3ccc(OC)c(OC)c3)CCOCC2)cc1.Cc1ccc(C[N+]2(CCCO)CCOCC2)cc1C.O=C1C=CC(=O)O1.[Cl-].[Cl-].[Cl-].[Cl-].[Cl-]. The molecule has 6 heterocycles. The van der Waals surface area contributed by atoms with Crippen molar-refractivity contribution < 1.29 is 181 Å². The van der Waals surface area contributed by atoms with Gasteiger partial charge in [0.15, 0.2) is 11.5 Å². The smallest absolute Gasteiger partial charge is 0.338 e. The number of hydrogen-bond donors (Lipinski definition) is 3. The zero-order valence-corrected chi connectivity index (χ0v) is 95.9. The first-order chi connectivity index (χ1) is 69.5. The number of aryl methyl sites for hydroxylation is 8. The highest BCUT2D eigenvalue weighted by Crippen LogP contribution is 2.44. The number of carboxylic acid groups (broad SMARTS) is 1. The summed E-state index contributed by atoms with van der Waals surface area (Å²) in [5, 5.41) is 27.1. The van der Waals surface area contributed by atoms with Gasteiger partial charge in [-0.1, -0.05) is 93.6 Å². The second-order valence-electron chi connectivity index (χ2n) is 40.2. The van der Waals surface area contributed by atoms with Crippen LogP contribution >= 0.6 is 0 Å². The summed E-state index contributed by atoms with van der Waals surface area (Å²) in [5.41, 5.74) is 25.9. The fraction of sp³-hybridized carbons (Fsp3) is 0.496. The first-order valence-corrected chi connectivity index (χ1v) is 51.9. The molecule has 6 aliphatic rings. The quantitative estimate of drug-likeness (QED) is 0.0124. The maximum atomic E-state index is 12.5. The summed E-state index contributed by atoms with van der Waals surface area (Å²) < 4.78 is 62.9. The number of morpholine rings is 2. The van der Waals surface area contributed by atoms with E-state index in [4.69, 9.17) is 57.6 Å². The van der Waals surface area contributed by atoms with Gasteiger partial charge in [0.05, 0.1) is 155 Å². The van der Waals surface area contributed by atoms with Gasteiger partial charge in [-0.25, -0.2) is 28.8 Å². The van der Waals surface area contributed by atoms with Gasteiger partial charge in [0.2, 0.25) is 0 Å². The van der Waals surface area contributed by atoms with Gasteiger partial charge in [-0.05, 0) is 226 Å². The molecule has 8 aromatic carbocycles. The fourth-order valence-electron chi connectivity index (χ4n) is 20.7. The lowest BCUT2D eigenvalue weighted by Gasteiger charge is -2.46. The zero-order valence-electron chi connectivity index (χ0n) is 92.1. The number of likely N-dealkylation sites (N-methyl/N-ethyl adjacent to an activating group) is 3. The van der Waals surface area contributed by atoms with E-state index in [2.05, 4.69) is 216 Å². The normalized spacial score (nSPS) is 18.7. The molecule has 0 amide bonds. The Balaban J connectivity index is 0.000000415. The van der Waals surface area contributed by atoms with Gasteiger partial charge in [-0.3, -0.25) is 0 Å². The summed E-state index contributed by atoms with van der Waals surface area (Å²) in [5.74, 6) is -0.00963. The third-order valence-electron chi connectivity index (χ3n) is 30.3. The summed E-state index contributed by atoms with van der Waals surface area (Å²) in [4.78, 5) is 69.5. The number of esters is 5. The first kappa shape index (κ1) is 132. The Morgan fingerprint density at radius 2 is 0.660 bits per heavy atom. The van der Waals surface area contributed by atoms with Crippen LogP contribution in [-0.4, -0.2) is 293 Å². The van der Waals surface area contributed by atoms with Crippen molar-refractivity contribution in [3.63, 3.8) is 0 Å². The number of aliphatic hydroxyl groups excluding tert-OH is 2. The number of carboxylic acids is 1. The van der Waals surface area contributed by atoms with Gasteiger partial charge in [-0.15, -0.1) is 0 Å². The molecule has 31 heteroatoms. The van der Waals surface area contributed by atoms with Crippen LogP contribution in [0.1, 0.15) is 177 Å². The lowest BCUT2D eigenvalue weighted by atomic mass is 9.84. The molecule has 6 aliphatic heterocycles. The molecule has 0 spiro atoms. The van der Waals surface area contributed by atoms with Crippen molar-refractivity contribution in [1.82, 2.24) is 4.90 Å². The monoisotopic (exact) mass is 2180 g/mol. The summed E-state index contributed by atoms with van der Waals surface area (Å²) in [6.45, 7) is 45.6. The molecule has 150 heavy (non-hydrogen) atoms. The van der Waals surface area contributed by atoms with E-state index in [1.807, 2.05) is 36.4 Å². The average Bonchev–Trinajstić information content (AvgIpc) is 0.820. The molecule has 0 bridgehead atoms. The molecule has 0 saturated carbocycles. The molecule has 8 aromatic rings. The Morgan fingerprint density at radius 1 is 0.360 bits per heavy atom. The van der Waals surface area contributed by atoms with Gasteiger partial charge in [-0.2, -0.15) is 0 Å². The van der Waals surface area contributed by atoms with Crippen molar-refractivity contribution >= 4 is 35.8 Å². The molecule has 3 N–H and O–H groups in total. The number of rotatable bonds is 40. The van der Waals surface area contributed by atoms with E-state index in [-0.39, 0.29) is 101 Å². The maximum absolute atomic E-state index is 12.5. The lowest BCUT2D eigenvalue weighted by Crippen LogP contribution is -3.00. The van der Waals surface area contributed by atoms with Crippen molar-refractivity contribution in [2.75, 3.05) is 214 Å². The van der Waals surface area contributed by atoms with Crippen LogP contribution in [0, 0.1) is 55.4 Å².